The SMILES string of the molecule is COC(=O)c1ccc(C=NN(CCc2cc(Br)ccc2Br)S(=O)(=O)c2ccccc2C)cc1C. The molecule has 0 aliphatic heterocycles. The number of carbonyl (C=O) groups excluding carboxylic acids is 1. The summed E-state index contributed by atoms with van der Waals surface area (Å²) in [5.74, 6) is -0.427. The molecule has 178 valence electrons. The minimum absolute atomic E-state index is 0.140. The van der Waals surface area contributed by atoms with Gasteiger partial charge in [0.2, 0.25) is 0 Å². The van der Waals surface area contributed by atoms with E-state index in [2.05, 4.69) is 37.0 Å². The number of hydrazone groups is 1. The van der Waals surface area contributed by atoms with Crippen LogP contribution in [0.5, 0.6) is 0 Å². The van der Waals surface area contributed by atoms with E-state index in [4.69, 9.17) is 4.74 Å². The molecule has 6 nitrogen and oxygen atoms in total. The minimum atomic E-state index is -3.90. The predicted octanol–water partition coefficient (Wildman–Crippen LogP) is 5.88. The molecular formula is C25H24Br2N2O4S. The molecule has 0 aliphatic carbocycles. The van der Waals surface area contributed by atoms with Gasteiger partial charge in [-0.3, -0.25) is 0 Å². The van der Waals surface area contributed by atoms with E-state index in [0.29, 0.717) is 28.7 Å². The summed E-state index contributed by atoms with van der Waals surface area (Å²) in [6.45, 7) is 3.69. The van der Waals surface area contributed by atoms with Crippen LogP contribution in [0, 0.1) is 13.8 Å². The number of methoxy groups -OCH3 is 1. The number of aryl methyl sites for hydroxylation is 2. The number of halogens is 2. The van der Waals surface area contributed by atoms with Crippen LogP contribution < -0.4 is 0 Å². The fourth-order valence-corrected chi connectivity index (χ4v) is 5.70. The molecule has 0 aliphatic rings. The van der Waals surface area contributed by atoms with Gasteiger partial charge in [0.1, 0.15) is 0 Å². The average molecular weight is 608 g/mol. The highest BCUT2D eigenvalue weighted by molar-refractivity contribution is 9.11. The number of esters is 1. The summed E-state index contributed by atoms with van der Waals surface area (Å²) in [4.78, 5) is 12.1. The first-order valence-corrected chi connectivity index (χ1v) is 13.4. The summed E-state index contributed by atoms with van der Waals surface area (Å²) in [5, 5.41) is 4.36. The second-order valence-corrected chi connectivity index (χ2v) is 11.2. The van der Waals surface area contributed by atoms with Gasteiger partial charge < -0.3 is 4.74 Å². The molecule has 0 saturated heterocycles. The number of benzene rings is 3. The smallest absolute Gasteiger partial charge is 0.338 e. The second kappa shape index (κ2) is 11.3. The van der Waals surface area contributed by atoms with Crippen LogP contribution >= 0.6 is 31.9 Å². The van der Waals surface area contributed by atoms with Crippen molar-refractivity contribution in [2.24, 2.45) is 5.10 Å². The van der Waals surface area contributed by atoms with Crippen molar-refractivity contribution in [1.82, 2.24) is 4.41 Å². The van der Waals surface area contributed by atoms with Crippen molar-refractivity contribution in [2.45, 2.75) is 25.2 Å². The third-order valence-electron chi connectivity index (χ3n) is 5.22. The Balaban J connectivity index is 1.96. The number of hydrogen-bond donors (Lipinski definition) is 0. The number of ether oxygens (including phenoxy) is 1. The van der Waals surface area contributed by atoms with Crippen LogP contribution in [0.3, 0.4) is 0 Å². The van der Waals surface area contributed by atoms with E-state index in [0.717, 1.165) is 18.9 Å². The lowest BCUT2D eigenvalue weighted by Gasteiger charge is -2.20. The summed E-state index contributed by atoms with van der Waals surface area (Å²) < 4.78 is 34.8. The molecule has 0 unspecified atom stereocenters. The molecule has 0 fully saturated rings. The molecule has 3 rings (SSSR count). The van der Waals surface area contributed by atoms with E-state index in [-0.39, 0.29) is 11.4 Å². The molecule has 0 bridgehead atoms. The van der Waals surface area contributed by atoms with E-state index in [1.54, 1.807) is 56.3 Å². The van der Waals surface area contributed by atoms with Gasteiger partial charge in [-0.15, -0.1) is 0 Å². The number of sulfonamides is 1. The highest BCUT2D eigenvalue weighted by Gasteiger charge is 2.24. The monoisotopic (exact) mass is 606 g/mol. The highest BCUT2D eigenvalue weighted by atomic mass is 79.9. The third kappa shape index (κ3) is 6.14. The molecule has 0 N–H and O–H groups in total. The molecule has 9 heteroatoms. The van der Waals surface area contributed by atoms with Gasteiger partial charge >= 0.3 is 5.97 Å². The molecule has 3 aromatic carbocycles. The first kappa shape index (κ1) is 26.1. The van der Waals surface area contributed by atoms with Crippen LogP contribution in [-0.4, -0.2) is 38.7 Å². The molecule has 0 aromatic heterocycles. The zero-order valence-electron chi connectivity index (χ0n) is 19.0. The summed E-state index contributed by atoms with van der Waals surface area (Å²) >= 11 is 6.99. The Morgan fingerprint density at radius 2 is 1.76 bits per heavy atom. The normalized spacial score (nSPS) is 11.6. The number of hydrogen-bond acceptors (Lipinski definition) is 5. The summed E-state index contributed by atoms with van der Waals surface area (Å²) in [5.41, 5.74) is 3.42. The van der Waals surface area contributed by atoms with Crippen LogP contribution in [-0.2, 0) is 21.2 Å². The van der Waals surface area contributed by atoms with E-state index in [9.17, 15) is 13.2 Å². The molecular weight excluding hydrogens is 584 g/mol. The Kier molecular flexibility index (Phi) is 8.67. The van der Waals surface area contributed by atoms with Crippen LogP contribution in [0.4, 0.5) is 0 Å². The Bertz CT molecular complexity index is 1340. The van der Waals surface area contributed by atoms with Crippen molar-refractivity contribution in [3.8, 4) is 0 Å². The van der Waals surface area contributed by atoms with E-state index < -0.39 is 16.0 Å². The molecule has 0 saturated carbocycles. The van der Waals surface area contributed by atoms with Gasteiger partial charge in [0.25, 0.3) is 10.0 Å². The van der Waals surface area contributed by atoms with Crippen molar-refractivity contribution in [2.75, 3.05) is 13.7 Å². The standard InChI is InChI=1S/C25H24Br2N2O4S/c1-17-6-4-5-7-24(17)34(31,32)29(13-12-20-15-21(26)9-11-23(20)27)28-16-19-8-10-22(18(2)14-19)25(30)33-3/h4-11,14-16H,12-13H2,1-3H3. The van der Waals surface area contributed by atoms with Crippen LogP contribution in [0.15, 0.2) is 79.6 Å². The lowest BCUT2D eigenvalue weighted by Crippen LogP contribution is -2.29. The highest BCUT2D eigenvalue weighted by Crippen LogP contribution is 2.25. The molecule has 0 atom stereocenters. The van der Waals surface area contributed by atoms with Gasteiger partial charge in [0, 0.05) is 8.95 Å². The summed E-state index contributed by atoms with van der Waals surface area (Å²) in [6.07, 6.45) is 1.93. The van der Waals surface area contributed by atoms with Gasteiger partial charge in [-0.05, 0) is 78.9 Å². The lowest BCUT2D eigenvalue weighted by molar-refractivity contribution is 0.0600. The Hall–Kier alpha value is -2.49. The second-order valence-electron chi connectivity index (χ2n) is 7.61. The molecule has 34 heavy (non-hydrogen) atoms. The third-order valence-corrected chi connectivity index (χ3v) is 8.33. The first-order chi connectivity index (χ1) is 16.1. The van der Waals surface area contributed by atoms with Crippen molar-refractivity contribution < 1.29 is 17.9 Å². The zero-order valence-corrected chi connectivity index (χ0v) is 22.9. The number of nitrogens with zero attached hydrogens (tertiary/aromatic N) is 2. The van der Waals surface area contributed by atoms with Gasteiger partial charge in [0.05, 0.1) is 30.3 Å². The summed E-state index contributed by atoms with van der Waals surface area (Å²) in [6, 6.07) is 17.7. The van der Waals surface area contributed by atoms with Gasteiger partial charge in [-0.2, -0.15) is 17.9 Å². The van der Waals surface area contributed by atoms with Crippen molar-refractivity contribution >= 4 is 54.1 Å². The topological polar surface area (TPSA) is 76.0 Å². The van der Waals surface area contributed by atoms with Crippen molar-refractivity contribution in [1.29, 1.82) is 0 Å². The van der Waals surface area contributed by atoms with E-state index in [1.165, 1.54) is 13.3 Å². The molecule has 0 radical (unpaired) electrons. The summed E-state index contributed by atoms with van der Waals surface area (Å²) in [7, 11) is -2.57. The number of rotatable bonds is 8. The minimum Gasteiger partial charge on any atom is -0.465 e. The van der Waals surface area contributed by atoms with Crippen molar-refractivity contribution in [3.63, 3.8) is 0 Å². The average Bonchev–Trinajstić information content (AvgIpc) is 2.80. The van der Waals surface area contributed by atoms with Gasteiger partial charge in [0.15, 0.2) is 0 Å². The maximum absolute atomic E-state index is 13.5. The lowest BCUT2D eigenvalue weighted by atomic mass is 10.1. The maximum Gasteiger partial charge on any atom is 0.338 e. The number of carbonyl (C=O) groups is 1. The maximum atomic E-state index is 13.5. The molecule has 0 heterocycles. The largest absolute Gasteiger partial charge is 0.465 e. The van der Waals surface area contributed by atoms with Gasteiger partial charge in [-0.1, -0.05) is 56.1 Å². The van der Waals surface area contributed by atoms with Crippen LogP contribution in [0.1, 0.15) is 32.6 Å². The fraction of sp³-hybridized carbons (Fsp3) is 0.200. The zero-order chi connectivity index (χ0) is 24.9. The molecule has 3 aromatic rings. The Labute approximate surface area is 216 Å². The quantitative estimate of drug-likeness (QED) is 0.182. The van der Waals surface area contributed by atoms with Gasteiger partial charge in [-0.25, -0.2) is 4.79 Å². The first-order valence-electron chi connectivity index (χ1n) is 10.4. The van der Waals surface area contributed by atoms with Crippen molar-refractivity contribution in [3.05, 3.63) is 97.4 Å². The van der Waals surface area contributed by atoms with Crippen LogP contribution in [0.2, 0.25) is 0 Å². The van der Waals surface area contributed by atoms with E-state index >= 15 is 0 Å². The Morgan fingerprint density at radius 3 is 2.44 bits per heavy atom. The molecule has 0 spiro atoms. The van der Waals surface area contributed by atoms with E-state index in [1.807, 2.05) is 18.2 Å². The fourth-order valence-electron chi connectivity index (χ4n) is 3.39. The Morgan fingerprint density at radius 1 is 1.03 bits per heavy atom. The van der Waals surface area contributed by atoms with Crippen LogP contribution in [0.25, 0.3) is 0 Å². The predicted molar refractivity (Wildman–Crippen MR) is 141 cm³/mol. The molecule has 0 amide bonds.